The van der Waals surface area contributed by atoms with Gasteiger partial charge in [0.1, 0.15) is 0 Å². The fourth-order valence-corrected chi connectivity index (χ4v) is 1.73. The second-order valence-electron chi connectivity index (χ2n) is 3.46. The molecule has 2 nitrogen and oxygen atoms in total. The second kappa shape index (κ2) is 4.82. The van der Waals surface area contributed by atoms with E-state index in [0.29, 0.717) is 16.4 Å². The number of benzene rings is 2. The van der Waals surface area contributed by atoms with Crippen molar-refractivity contribution in [2.75, 3.05) is 11.1 Å². The van der Waals surface area contributed by atoms with Crippen molar-refractivity contribution in [1.29, 1.82) is 0 Å². The van der Waals surface area contributed by atoms with Crippen molar-refractivity contribution in [2.45, 2.75) is 0 Å². The largest absolute Gasteiger partial charge is 0.397 e. The summed E-state index contributed by atoms with van der Waals surface area (Å²) in [5.41, 5.74) is 7.03. The summed E-state index contributed by atoms with van der Waals surface area (Å²) >= 11 is 11.5. The van der Waals surface area contributed by atoms with Gasteiger partial charge in [-0.2, -0.15) is 0 Å². The third-order valence-corrected chi connectivity index (χ3v) is 2.76. The molecule has 2 aromatic rings. The summed E-state index contributed by atoms with van der Waals surface area (Å²) < 4.78 is 13.7. The number of nitrogens with one attached hydrogen (secondary N) is 1. The first-order valence-corrected chi connectivity index (χ1v) is 5.59. The Morgan fingerprint density at radius 3 is 2.59 bits per heavy atom. The number of halogens is 3. The maximum atomic E-state index is 13.7. The van der Waals surface area contributed by atoms with Crippen LogP contribution in [0.5, 0.6) is 0 Å². The topological polar surface area (TPSA) is 38.0 Å². The Morgan fingerprint density at radius 1 is 1.06 bits per heavy atom. The van der Waals surface area contributed by atoms with Crippen LogP contribution in [0.15, 0.2) is 36.4 Å². The van der Waals surface area contributed by atoms with Crippen LogP contribution in [0.1, 0.15) is 0 Å². The van der Waals surface area contributed by atoms with Crippen LogP contribution in [0.25, 0.3) is 0 Å². The van der Waals surface area contributed by atoms with Crippen molar-refractivity contribution < 1.29 is 4.39 Å². The Kier molecular flexibility index (Phi) is 3.41. The van der Waals surface area contributed by atoms with E-state index in [0.717, 1.165) is 0 Å². The number of anilines is 3. The molecule has 2 rings (SSSR count). The van der Waals surface area contributed by atoms with Gasteiger partial charge in [0, 0.05) is 5.02 Å². The molecule has 0 aromatic heterocycles. The number of nitrogens with two attached hydrogens (primary N) is 1. The fraction of sp³-hybridized carbons (Fsp3) is 0. The van der Waals surface area contributed by atoms with E-state index in [9.17, 15) is 4.39 Å². The van der Waals surface area contributed by atoms with Crippen molar-refractivity contribution in [3.05, 3.63) is 52.3 Å². The maximum absolute atomic E-state index is 13.7. The lowest BCUT2D eigenvalue weighted by Gasteiger charge is -2.11. The predicted molar refractivity (Wildman–Crippen MR) is 70.6 cm³/mol. The highest BCUT2D eigenvalue weighted by Gasteiger charge is 2.08. The van der Waals surface area contributed by atoms with Gasteiger partial charge in [-0.15, -0.1) is 0 Å². The van der Waals surface area contributed by atoms with E-state index in [2.05, 4.69) is 5.32 Å². The summed E-state index contributed by atoms with van der Waals surface area (Å²) in [5.74, 6) is -0.520. The Morgan fingerprint density at radius 2 is 1.82 bits per heavy atom. The zero-order chi connectivity index (χ0) is 12.4. The smallest absolute Gasteiger partial charge is 0.165 e. The van der Waals surface area contributed by atoms with E-state index < -0.39 is 5.82 Å². The lowest BCUT2D eigenvalue weighted by Crippen LogP contribution is -1.98. The van der Waals surface area contributed by atoms with Gasteiger partial charge in [0.05, 0.1) is 22.1 Å². The van der Waals surface area contributed by atoms with Gasteiger partial charge >= 0.3 is 0 Å². The van der Waals surface area contributed by atoms with Crippen molar-refractivity contribution in [2.24, 2.45) is 0 Å². The van der Waals surface area contributed by atoms with Gasteiger partial charge in [-0.25, -0.2) is 4.39 Å². The highest BCUT2D eigenvalue weighted by Crippen LogP contribution is 2.29. The molecular formula is C12H9Cl2FN2. The first kappa shape index (κ1) is 12.0. The SMILES string of the molecule is Nc1ccc(Cl)cc1Nc1cccc(Cl)c1F. The molecule has 0 heterocycles. The second-order valence-corrected chi connectivity index (χ2v) is 4.30. The molecule has 0 saturated heterocycles. The van der Waals surface area contributed by atoms with Gasteiger partial charge in [0.15, 0.2) is 5.82 Å². The number of nitrogen functional groups attached to an aromatic ring is 1. The minimum absolute atomic E-state index is 0.0515. The molecule has 0 aliphatic carbocycles. The van der Waals surface area contributed by atoms with E-state index >= 15 is 0 Å². The zero-order valence-electron chi connectivity index (χ0n) is 8.68. The van der Waals surface area contributed by atoms with Gasteiger partial charge in [0.2, 0.25) is 0 Å². The molecule has 0 bridgehead atoms. The first-order valence-electron chi connectivity index (χ1n) is 4.84. The summed E-state index contributed by atoms with van der Waals surface area (Å²) in [4.78, 5) is 0. The highest BCUT2D eigenvalue weighted by atomic mass is 35.5. The number of rotatable bonds is 2. The van der Waals surface area contributed by atoms with Gasteiger partial charge < -0.3 is 11.1 Å². The molecule has 3 N–H and O–H groups in total. The lowest BCUT2D eigenvalue weighted by atomic mass is 10.2. The van der Waals surface area contributed by atoms with Crippen molar-refractivity contribution >= 4 is 40.3 Å². The predicted octanol–water partition coefficient (Wildman–Crippen LogP) is 4.46. The molecule has 2 aromatic carbocycles. The van der Waals surface area contributed by atoms with Crippen LogP contribution in [0, 0.1) is 5.82 Å². The van der Waals surface area contributed by atoms with Gasteiger partial charge in [0.25, 0.3) is 0 Å². The molecule has 0 unspecified atom stereocenters. The van der Waals surface area contributed by atoms with E-state index in [4.69, 9.17) is 28.9 Å². The van der Waals surface area contributed by atoms with Crippen molar-refractivity contribution in [1.82, 2.24) is 0 Å². The van der Waals surface area contributed by atoms with Gasteiger partial charge in [-0.3, -0.25) is 0 Å². The van der Waals surface area contributed by atoms with Crippen LogP contribution >= 0.6 is 23.2 Å². The average Bonchev–Trinajstić information content (AvgIpc) is 2.30. The van der Waals surface area contributed by atoms with Gasteiger partial charge in [-0.05, 0) is 30.3 Å². The Bertz CT molecular complexity index is 558. The number of hydrogen-bond acceptors (Lipinski definition) is 2. The molecule has 0 spiro atoms. The summed E-state index contributed by atoms with van der Waals surface area (Å²) in [5, 5.41) is 3.42. The van der Waals surface area contributed by atoms with Crippen LogP contribution in [0.4, 0.5) is 21.5 Å². The summed E-state index contributed by atoms with van der Waals surface area (Å²) in [6, 6.07) is 9.63. The molecule has 17 heavy (non-hydrogen) atoms. The van der Waals surface area contributed by atoms with E-state index in [1.54, 1.807) is 30.3 Å². The first-order chi connectivity index (χ1) is 8.08. The maximum Gasteiger partial charge on any atom is 0.165 e. The van der Waals surface area contributed by atoms with E-state index in [-0.39, 0.29) is 10.7 Å². The molecule has 0 saturated carbocycles. The molecule has 0 radical (unpaired) electrons. The summed E-state index contributed by atoms with van der Waals surface area (Å²) in [6.07, 6.45) is 0. The van der Waals surface area contributed by atoms with Crippen LogP contribution in [-0.4, -0.2) is 0 Å². The molecular weight excluding hydrogens is 262 g/mol. The standard InChI is InChI=1S/C12H9Cl2FN2/c13-7-4-5-9(16)11(6-7)17-10-3-1-2-8(14)12(10)15/h1-6,17H,16H2. The zero-order valence-corrected chi connectivity index (χ0v) is 10.2. The van der Waals surface area contributed by atoms with Crippen LogP contribution in [0.2, 0.25) is 10.0 Å². The molecule has 88 valence electrons. The molecule has 0 amide bonds. The molecule has 0 aliphatic rings. The third-order valence-electron chi connectivity index (χ3n) is 2.24. The third kappa shape index (κ3) is 2.62. The molecule has 0 atom stereocenters. The average molecular weight is 271 g/mol. The summed E-state index contributed by atoms with van der Waals surface area (Å²) in [7, 11) is 0. The van der Waals surface area contributed by atoms with Crippen LogP contribution in [0.3, 0.4) is 0 Å². The fourth-order valence-electron chi connectivity index (χ4n) is 1.38. The lowest BCUT2D eigenvalue weighted by molar-refractivity contribution is 0.632. The Hall–Kier alpha value is -1.45. The van der Waals surface area contributed by atoms with E-state index in [1.807, 2.05) is 0 Å². The molecule has 0 fully saturated rings. The van der Waals surface area contributed by atoms with E-state index in [1.165, 1.54) is 6.07 Å². The summed E-state index contributed by atoms with van der Waals surface area (Å²) in [6.45, 7) is 0. The Balaban J connectivity index is 2.38. The quantitative estimate of drug-likeness (QED) is 0.791. The van der Waals surface area contributed by atoms with Crippen molar-refractivity contribution in [3.8, 4) is 0 Å². The van der Waals surface area contributed by atoms with Crippen LogP contribution in [-0.2, 0) is 0 Å². The number of hydrogen-bond donors (Lipinski definition) is 2. The minimum atomic E-state index is -0.520. The highest BCUT2D eigenvalue weighted by molar-refractivity contribution is 6.31. The molecule has 5 heteroatoms. The van der Waals surface area contributed by atoms with Crippen LogP contribution < -0.4 is 11.1 Å². The minimum Gasteiger partial charge on any atom is -0.397 e. The molecule has 0 aliphatic heterocycles. The van der Waals surface area contributed by atoms with Crippen molar-refractivity contribution in [3.63, 3.8) is 0 Å². The normalized spacial score (nSPS) is 10.3. The monoisotopic (exact) mass is 270 g/mol. The van der Waals surface area contributed by atoms with Gasteiger partial charge in [-0.1, -0.05) is 29.3 Å². The Labute approximate surface area is 108 Å².